The first-order valence-electron chi connectivity index (χ1n) is 17.9. The highest BCUT2D eigenvalue weighted by atomic mass is 16.6. The van der Waals surface area contributed by atoms with Gasteiger partial charge in [0.05, 0.1) is 43.3 Å². The molecule has 282 valence electrons. The van der Waals surface area contributed by atoms with E-state index in [0.717, 1.165) is 55.5 Å². The van der Waals surface area contributed by atoms with Gasteiger partial charge in [-0.2, -0.15) is 0 Å². The normalized spacial score (nSPS) is 15.0. The van der Waals surface area contributed by atoms with Crippen molar-refractivity contribution in [3.63, 3.8) is 0 Å². The number of carbonyl (C=O) groups is 3. The molecule has 0 aliphatic heterocycles. The molecule has 0 bridgehead atoms. The summed E-state index contributed by atoms with van der Waals surface area (Å²) in [7, 11) is 0. The Labute approximate surface area is 301 Å². The molecule has 0 aromatic carbocycles. The summed E-state index contributed by atoms with van der Waals surface area (Å²) in [6.45, 7) is 8.34. The van der Waals surface area contributed by atoms with E-state index in [1.54, 1.807) is 30.9 Å². The van der Waals surface area contributed by atoms with Crippen molar-refractivity contribution >= 4 is 18.2 Å². The van der Waals surface area contributed by atoms with Gasteiger partial charge in [-0.15, -0.1) is 10.2 Å². The Morgan fingerprint density at radius 2 is 1.19 bits per heavy atom. The molecule has 2 aliphatic rings. The molecule has 4 heterocycles. The number of aryl methyl sites for hydroxylation is 3. The lowest BCUT2D eigenvalue weighted by Crippen LogP contribution is -2.36. The van der Waals surface area contributed by atoms with Crippen LogP contribution in [-0.4, -0.2) is 77.1 Å². The van der Waals surface area contributed by atoms with Crippen LogP contribution >= 0.6 is 0 Å². The van der Waals surface area contributed by atoms with Crippen molar-refractivity contribution in [3.8, 4) is 0 Å². The fraction of sp³-hybridized carbons (Fsp3) is 0.618. The number of rotatable bonds is 12. The quantitative estimate of drug-likeness (QED) is 0.148. The zero-order valence-corrected chi connectivity index (χ0v) is 30.3. The Bertz CT molecular complexity index is 1730. The van der Waals surface area contributed by atoms with Crippen LogP contribution in [0, 0.1) is 20.8 Å². The third-order valence-electron chi connectivity index (χ3n) is 9.00. The molecule has 0 saturated heterocycles. The van der Waals surface area contributed by atoms with Crippen molar-refractivity contribution in [2.75, 3.05) is 6.61 Å². The van der Waals surface area contributed by atoms with E-state index in [0.29, 0.717) is 29.3 Å². The van der Waals surface area contributed by atoms with Gasteiger partial charge in [-0.25, -0.2) is 23.7 Å². The molecule has 18 nitrogen and oxygen atoms in total. The summed E-state index contributed by atoms with van der Waals surface area (Å²) >= 11 is 0. The fourth-order valence-electron chi connectivity index (χ4n) is 6.14. The second-order valence-corrected chi connectivity index (χ2v) is 13.0. The van der Waals surface area contributed by atoms with Gasteiger partial charge in [-0.1, -0.05) is 59.3 Å². The molecular weight excluding hydrogens is 676 g/mol. The molecule has 0 radical (unpaired) electrons. The predicted molar refractivity (Wildman–Crippen MR) is 182 cm³/mol. The summed E-state index contributed by atoms with van der Waals surface area (Å²) in [4.78, 5) is 35.7. The van der Waals surface area contributed by atoms with Crippen LogP contribution < -0.4 is 10.6 Å². The van der Waals surface area contributed by atoms with E-state index in [1.807, 2.05) is 13.8 Å². The molecule has 2 amide bonds. The number of carbonyl (C=O) groups excluding carboxylic acids is 3. The van der Waals surface area contributed by atoms with Crippen LogP contribution in [0.1, 0.15) is 121 Å². The Kier molecular flexibility index (Phi) is 13.7. The smallest absolute Gasteiger partial charge is 0.407 e. The average molecular weight is 725 g/mol. The largest absolute Gasteiger partial charge is 0.461 e. The second kappa shape index (κ2) is 18.8. The summed E-state index contributed by atoms with van der Waals surface area (Å²) in [5, 5.41) is 29.6. The molecule has 4 aromatic rings. The minimum absolute atomic E-state index is 0.0197. The van der Waals surface area contributed by atoms with Crippen LogP contribution in [0.4, 0.5) is 9.59 Å². The lowest BCUT2D eigenvalue weighted by molar-refractivity contribution is 0.0513. The van der Waals surface area contributed by atoms with Gasteiger partial charge in [0, 0.05) is 17.6 Å². The van der Waals surface area contributed by atoms with Gasteiger partial charge in [-0.05, 0) is 53.4 Å². The first kappa shape index (κ1) is 38.0. The highest BCUT2D eigenvalue weighted by Crippen LogP contribution is 2.19. The zero-order valence-electron chi connectivity index (χ0n) is 30.3. The highest BCUT2D eigenvalue weighted by molar-refractivity contribution is 5.88. The van der Waals surface area contributed by atoms with Crippen molar-refractivity contribution in [1.82, 2.24) is 50.9 Å². The Morgan fingerprint density at radius 3 is 1.67 bits per heavy atom. The van der Waals surface area contributed by atoms with E-state index < -0.39 is 12.1 Å². The third-order valence-corrected chi connectivity index (χ3v) is 9.00. The Morgan fingerprint density at radius 1 is 0.712 bits per heavy atom. The first-order valence-corrected chi connectivity index (χ1v) is 17.9. The summed E-state index contributed by atoms with van der Waals surface area (Å²) in [6.07, 6.45) is 13.7. The van der Waals surface area contributed by atoms with Crippen molar-refractivity contribution < 1.29 is 37.6 Å². The molecule has 52 heavy (non-hydrogen) atoms. The van der Waals surface area contributed by atoms with Gasteiger partial charge in [0.1, 0.15) is 36.1 Å². The van der Waals surface area contributed by atoms with Gasteiger partial charge in [0.25, 0.3) is 0 Å². The van der Waals surface area contributed by atoms with Crippen molar-refractivity contribution in [2.24, 2.45) is 0 Å². The van der Waals surface area contributed by atoms with Gasteiger partial charge in [0.15, 0.2) is 5.69 Å². The van der Waals surface area contributed by atoms with E-state index in [2.05, 4.69) is 41.6 Å². The van der Waals surface area contributed by atoms with E-state index >= 15 is 0 Å². The topological polar surface area (TPSA) is 216 Å². The highest BCUT2D eigenvalue weighted by Gasteiger charge is 2.22. The standard InChI is InChI=1S/C18H25N5O5.C16H23N5O3/c1-3-26-17(24)16-15(12(2)28-21-16)10-23-9-14(20-22-23)11-27-18(25)19-13-7-5-4-6-8-13;1-11-15(12(2)24-19-11)9-21-8-14(18-20-21)10-23-16(22)17-13-6-4-3-5-7-13/h9,13H,3-8,10-11H2,1-2H3,(H,19,25);8,13H,3-7,9-10H2,1-2H3,(H,17,22). The van der Waals surface area contributed by atoms with E-state index in [1.165, 1.54) is 30.4 Å². The average Bonchev–Trinajstić information content (AvgIpc) is 3.94. The number of nitrogens with one attached hydrogen (secondary N) is 2. The van der Waals surface area contributed by atoms with Crippen LogP contribution in [0.3, 0.4) is 0 Å². The minimum atomic E-state index is -0.544. The van der Waals surface area contributed by atoms with Crippen LogP contribution in [0.15, 0.2) is 21.4 Å². The number of nitrogens with zero attached hydrogens (tertiary/aromatic N) is 8. The summed E-state index contributed by atoms with van der Waals surface area (Å²) < 4.78 is 28.9. The van der Waals surface area contributed by atoms with Gasteiger partial charge in [0.2, 0.25) is 0 Å². The molecular formula is C34H48N10O8. The van der Waals surface area contributed by atoms with Crippen LogP contribution in [0.2, 0.25) is 0 Å². The molecule has 0 unspecified atom stereocenters. The first-order chi connectivity index (χ1) is 25.2. The Balaban J connectivity index is 0.000000203. The van der Waals surface area contributed by atoms with Crippen molar-refractivity contribution in [2.45, 2.75) is 130 Å². The molecule has 2 aliphatic carbocycles. The van der Waals surface area contributed by atoms with Gasteiger partial charge in [-0.3, -0.25) is 0 Å². The van der Waals surface area contributed by atoms with E-state index in [9.17, 15) is 14.4 Å². The maximum atomic E-state index is 12.0. The van der Waals surface area contributed by atoms with Crippen LogP contribution in [0.5, 0.6) is 0 Å². The van der Waals surface area contributed by atoms with Gasteiger partial charge < -0.3 is 33.9 Å². The molecule has 4 aromatic heterocycles. The maximum Gasteiger partial charge on any atom is 0.407 e. The molecule has 0 atom stereocenters. The van der Waals surface area contributed by atoms with E-state index in [-0.39, 0.29) is 50.2 Å². The van der Waals surface area contributed by atoms with Crippen LogP contribution in [0.25, 0.3) is 0 Å². The number of aromatic nitrogens is 8. The van der Waals surface area contributed by atoms with E-state index in [4.69, 9.17) is 23.3 Å². The summed E-state index contributed by atoms with van der Waals surface area (Å²) in [5.41, 5.74) is 3.64. The maximum absolute atomic E-state index is 12.0. The molecule has 2 N–H and O–H groups in total. The number of hydrogen-bond acceptors (Lipinski definition) is 14. The lowest BCUT2D eigenvalue weighted by atomic mass is 9.96. The minimum Gasteiger partial charge on any atom is -0.461 e. The summed E-state index contributed by atoms with van der Waals surface area (Å²) in [6, 6.07) is 0.427. The van der Waals surface area contributed by atoms with Gasteiger partial charge >= 0.3 is 18.2 Å². The number of ether oxygens (including phenoxy) is 3. The summed E-state index contributed by atoms with van der Waals surface area (Å²) in [5.74, 6) is 0.730. The molecule has 0 spiro atoms. The van der Waals surface area contributed by atoms with Crippen molar-refractivity contribution in [1.29, 1.82) is 0 Å². The monoisotopic (exact) mass is 724 g/mol. The molecule has 6 rings (SSSR count). The molecule has 2 fully saturated rings. The Hall–Kier alpha value is -5.29. The third kappa shape index (κ3) is 11.1. The number of amides is 2. The molecule has 18 heteroatoms. The van der Waals surface area contributed by atoms with Crippen LogP contribution in [-0.2, 0) is 40.5 Å². The zero-order chi connectivity index (χ0) is 36.9. The molecule has 2 saturated carbocycles. The number of alkyl carbamates (subject to hydrolysis) is 2. The predicted octanol–water partition coefficient (Wildman–Crippen LogP) is 4.85. The second-order valence-electron chi connectivity index (χ2n) is 13.0. The van der Waals surface area contributed by atoms with Crippen molar-refractivity contribution in [3.05, 3.63) is 57.8 Å². The number of esters is 1. The number of hydrogen-bond donors (Lipinski definition) is 2. The lowest BCUT2D eigenvalue weighted by Gasteiger charge is -2.22. The SMILES string of the molecule is CCOC(=O)c1noc(C)c1Cn1cc(COC(=O)NC2CCCCC2)nn1.Cc1noc(C)c1Cn1cc(COC(=O)NC2CCCCC2)nn1. The fourth-order valence-corrected chi connectivity index (χ4v) is 6.14.